The summed E-state index contributed by atoms with van der Waals surface area (Å²) in [5.74, 6) is 0.893. The van der Waals surface area contributed by atoms with Gasteiger partial charge in [0.25, 0.3) is 0 Å². The van der Waals surface area contributed by atoms with E-state index in [9.17, 15) is 4.79 Å². The van der Waals surface area contributed by atoms with Gasteiger partial charge in [0.15, 0.2) is 5.78 Å². The van der Waals surface area contributed by atoms with Crippen molar-refractivity contribution in [2.75, 3.05) is 19.7 Å². The number of ketones is 1. The molecule has 0 radical (unpaired) electrons. The lowest BCUT2D eigenvalue weighted by Gasteiger charge is -2.35. The van der Waals surface area contributed by atoms with Crippen molar-refractivity contribution >= 4 is 5.78 Å². The predicted octanol–water partition coefficient (Wildman–Crippen LogP) is 3.89. The van der Waals surface area contributed by atoms with Gasteiger partial charge in [0.2, 0.25) is 0 Å². The van der Waals surface area contributed by atoms with Crippen LogP contribution in [0.1, 0.15) is 48.1 Å². The average molecular weight is 324 g/mol. The monoisotopic (exact) mass is 324 g/mol. The van der Waals surface area contributed by atoms with E-state index in [1.54, 1.807) is 6.92 Å². The first-order chi connectivity index (χ1) is 11.7. The van der Waals surface area contributed by atoms with Crippen molar-refractivity contribution in [2.45, 2.75) is 32.2 Å². The maximum absolute atomic E-state index is 11.3. The number of likely N-dealkylation sites (tertiary alicyclic amines) is 1. The van der Waals surface area contributed by atoms with Gasteiger partial charge in [-0.25, -0.2) is 0 Å². The molecule has 1 aliphatic heterocycles. The molecule has 0 saturated carbocycles. The van der Waals surface area contributed by atoms with Crippen molar-refractivity contribution in [1.82, 2.24) is 9.88 Å². The Morgan fingerprint density at radius 2 is 2.08 bits per heavy atom. The van der Waals surface area contributed by atoms with E-state index in [1.165, 1.54) is 24.8 Å². The average Bonchev–Trinajstić information content (AvgIpc) is 2.63. The van der Waals surface area contributed by atoms with Crippen LogP contribution in [0.3, 0.4) is 0 Å². The highest BCUT2D eigenvalue weighted by Gasteiger charge is 2.23. The zero-order chi connectivity index (χ0) is 16.8. The number of Topliss-reactive ketones (excluding diaryl/α,β-unsaturated/α-hetero) is 1. The molecule has 4 nitrogen and oxygen atoms in total. The Hall–Kier alpha value is -2.20. The molecule has 0 N–H and O–H groups in total. The number of pyridine rings is 1. The highest BCUT2D eigenvalue weighted by atomic mass is 16.5. The lowest BCUT2D eigenvalue weighted by molar-refractivity contribution is 0.101. The van der Waals surface area contributed by atoms with E-state index in [2.05, 4.69) is 16.0 Å². The predicted molar refractivity (Wildman–Crippen MR) is 94.3 cm³/mol. The van der Waals surface area contributed by atoms with Crippen molar-refractivity contribution in [1.29, 1.82) is 0 Å². The maximum atomic E-state index is 11.3. The number of ether oxygens (including phenoxy) is 1. The van der Waals surface area contributed by atoms with Gasteiger partial charge in [-0.2, -0.15) is 0 Å². The first-order valence-electron chi connectivity index (χ1n) is 8.62. The number of benzene rings is 1. The van der Waals surface area contributed by atoms with Crippen molar-refractivity contribution in [3.05, 3.63) is 59.9 Å². The fraction of sp³-hybridized carbons (Fsp3) is 0.400. The van der Waals surface area contributed by atoms with E-state index < -0.39 is 0 Å². The van der Waals surface area contributed by atoms with E-state index in [0.717, 1.165) is 24.4 Å². The molecule has 126 valence electrons. The summed E-state index contributed by atoms with van der Waals surface area (Å²) in [4.78, 5) is 18.0. The number of carbonyl (C=O) groups excluding carboxylic acids is 1. The van der Waals surface area contributed by atoms with Gasteiger partial charge >= 0.3 is 0 Å². The van der Waals surface area contributed by atoms with E-state index >= 15 is 0 Å². The highest BCUT2D eigenvalue weighted by Crippen LogP contribution is 2.30. The summed E-state index contributed by atoms with van der Waals surface area (Å²) in [5.41, 5.74) is 2.01. The van der Waals surface area contributed by atoms with Gasteiger partial charge in [-0.3, -0.25) is 14.7 Å². The molecule has 1 aromatic heterocycles. The molecular formula is C20H24N2O2. The van der Waals surface area contributed by atoms with Crippen molar-refractivity contribution in [2.24, 2.45) is 0 Å². The molecule has 0 amide bonds. The normalized spacial score (nSPS) is 18.3. The van der Waals surface area contributed by atoms with Crippen LogP contribution in [0, 0.1) is 0 Å². The third-order valence-electron chi connectivity index (χ3n) is 4.59. The SMILES string of the molecule is CC(=O)c1ccc(OCCN2CCCC[C@@H]2c2cccnc2)cc1. The number of hydrogen-bond acceptors (Lipinski definition) is 4. The van der Waals surface area contributed by atoms with E-state index in [4.69, 9.17) is 4.74 Å². The summed E-state index contributed by atoms with van der Waals surface area (Å²) in [7, 11) is 0. The molecule has 0 unspecified atom stereocenters. The Labute approximate surface area is 143 Å². The van der Waals surface area contributed by atoms with Crippen LogP contribution in [0.15, 0.2) is 48.8 Å². The lowest BCUT2D eigenvalue weighted by atomic mass is 9.96. The second-order valence-corrected chi connectivity index (χ2v) is 6.26. The van der Waals surface area contributed by atoms with E-state index in [-0.39, 0.29) is 5.78 Å². The van der Waals surface area contributed by atoms with E-state index in [1.807, 2.05) is 42.7 Å². The van der Waals surface area contributed by atoms with Crippen LogP contribution in [0.5, 0.6) is 5.75 Å². The maximum Gasteiger partial charge on any atom is 0.159 e. The van der Waals surface area contributed by atoms with Gasteiger partial charge in [0, 0.05) is 30.5 Å². The van der Waals surface area contributed by atoms with Gasteiger partial charge in [-0.05, 0) is 62.2 Å². The Morgan fingerprint density at radius 3 is 2.79 bits per heavy atom. The van der Waals surface area contributed by atoms with Crippen LogP contribution in [0.25, 0.3) is 0 Å². The number of rotatable bonds is 6. The fourth-order valence-corrected chi connectivity index (χ4v) is 3.28. The zero-order valence-corrected chi connectivity index (χ0v) is 14.1. The van der Waals surface area contributed by atoms with Crippen molar-refractivity contribution < 1.29 is 9.53 Å². The lowest BCUT2D eigenvalue weighted by Crippen LogP contribution is -2.36. The quantitative estimate of drug-likeness (QED) is 0.756. The van der Waals surface area contributed by atoms with Crippen LogP contribution >= 0.6 is 0 Å². The summed E-state index contributed by atoms with van der Waals surface area (Å²) >= 11 is 0. The highest BCUT2D eigenvalue weighted by molar-refractivity contribution is 5.94. The van der Waals surface area contributed by atoms with Crippen LogP contribution in [0.2, 0.25) is 0 Å². The Bertz CT molecular complexity index is 655. The summed E-state index contributed by atoms with van der Waals surface area (Å²) in [5, 5.41) is 0. The standard InChI is InChI=1S/C20H24N2O2/c1-16(23)17-7-9-19(10-8-17)24-14-13-22-12-3-2-6-20(22)18-5-4-11-21-15-18/h4-5,7-11,15,20H,2-3,6,12-14H2,1H3/t20-/m1/s1. The molecule has 1 fully saturated rings. The fourth-order valence-electron chi connectivity index (χ4n) is 3.28. The molecule has 24 heavy (non-hydrogen) atoms. The van der Waals surface area contributed by atoms with Gasteiger partial charge in [0.1, 0.15) is 12.4 Å². The summed E-state index contributed by atoms with van der Waals surface area (Å²) < 4.78 is 5.86. The molecule has 3 rings (SSSR count). The molecule has 1 aliphatic rings. The molecule has 2 aromatic rings. The topological polar surface area (TPSA) is 42.4 Å². The summed E-state index contributed by atoms with van der Waals surface area (Å²) in [6.45, 7) is 4.22. The second-order valence-electron chi connectivity index (χ2n) is 6.26. The van der Waals surface area contributed by atoms with Gasteiger partial charge in [-0.1, -0.05) is 12.5 Å². The molecule has 1 saturated heterocycles. The van der Waals surface area contributed by atoms with Gasteiger partial charge < -0.3 is 4.74 Å². The molecule has 1 atom stereocenters. The first kappa shape index (κ1) is 16.7. The number of aromatic nitrogens is 1. The summed E-state index contributed by atoms with van der Waals surface area (Å²) in [6, 6.07) is 12.0. The zero-order valence-electron chi connectivity index (χ0n) is 14.1. The van der Waals surface area contributed by atoms with Crippen LogP contribution in [0.4, 0.5) is 0 Å². The second kappa shape index (κ2) is 8.06. The van der Waals surface area contributed by atoms with Crippen LogP contribution in [-0.4, -0.2) is 35.4 Å². The largest absolute Gasteiger partial charge is 0.492 e. The molecule has 0 aliphatic carbocycles. The number of hydrogen-bond donors (Lipinski definition) is 0. The van der Waals surface area contributed by atoms with Crippen molar-refractivity contribution in [3.8, 4) is 5.75 Å². The minimum Gasteiger partial charge on any atom is -0.492 e. The third-order valence-corrected chi connectivity index (χ3v) is 4.59. The molecule has 1 aromatic carbocycles. The number of nitrogens with zero attached hydrogens (tertiary/aromatic N) is 2. The van der Waals surface area contributed by atoms with E-state index in [0.29, 0.717) is 12.6 Å². The molecule has 0 spiro atoms. The molecular weight excluding hydrogens is 300 g/mol. The minimum atomic E-state index is 0.0779. The molecule has 4 heteroatoms. The van der Waals surface area contributed by atoms with Crippen LogP contribution < -0.4 is 4.74 Å². The molecule has 2 heterocycles. The third kappa shape index (κ3) is 4.20. The Morgan fingerprint density at radius 1 is 1.25 bits per heavy atom. The molecule has 0 bridgehead atoms. The minimum absolute atomic E-state index is 0.0779. The van der Waals surface area contributed by atoms with Gasteiger partial charge in [0.05, 0.1) is 0 Å². The Kier molecular flexibility index (Phi) is 5.59. The van der Waals surface area contributed by atoms with Crippen molar-refractivity contribution in [3.63, 3.8) is 0 Å². The number of piperidine rings is 1. The first-order valence-corrected chi connectivity index (χ1v) is 8.62. The smallest absolute Gasteiger partial charge is 0.159 e. The summed E-state index contributed by atoms with van der Waals surface area (Å²) in [6.07, 6.45) is 7.49. The van der Waals surface area contributed by atoms with Gasteiger partial charge in [-0.15, -0.1) is 0 Å². The Balaban J connectivity index is 1.55. The number of carbonyl (C=O) groups is 1. The van der Waals surface area contributed by atoms with Crippen LogP contribution in [-0.2, 0) is 0 Å².